The van der Waals surface area contributed by atoms with Gasteiger partial charge in [-0.25, -0.2) is 14.0 Å². The Bertz CT molecular complexity index is 921. The molecule has 3 rings (SSSR count). The molecule has 1 aromatic heterocycles. The number of nitrogens with one attached hydrogen (secondary N) is 2. The number of carboxylic acids is 1. The van der Waals surface area contributed by atoms with Crippen molar-refractivity contribution in [2.45, 2.75) is 19.1 Å². The highest BCUT2D eigenvalue weighted by Gasteiger charge is 2.22. The molecule has 6 nitrogen and oxygen atoms in total. The minimum absolute atomic E-state index is 0.0778. The molecule has 0 fully saturated rings. The van der Waals surface area contributed by atoms with Crippen LogP contribution in [0.1, 0.15) is 11.1 Å². The van der Waals surface area contributed by atoms with Crippen LogP contribution in [-0.2, 0) is 22.6 Å². The number of fused-ring (bicyclic) bond motifs is 1. The van der Waals surface area contributed by atoms with E-state index in [0.717, 1.165) is 16.5 Å². The van der Waals surface area contributed by atoms with Crippen molar-refractivity contribution in [2.75, 3.05) is 0 Å². The van der Waals surface area contributed by atoms with Gasteiger partial charge >= 0.3 is 12.1 Å². The topological polar surface area (TPSA) is 91.4 Å². The van der Waals surface area contributed by atoms with Crippen LogP contribution in [0.15, 0.2) is 54.7 Å². The van der Waals surface area contributed by atoms with E-state index in [-0.39, 0.29) is 18.8 Å². The van der Waals surface area contributed by atoms with Gasteiger partial charge in [-0.05, 0) is 29.3 Å². The smallest absolute Gasteiger partial charge is 0.408 e. The molecule has 0 saturated heterocycles. The first kappa shape index (κ1) is 17.5. The number of carbonyl (C=O) groups excluding carboxylic acids is 1. The molecule has 7 heteroatoms. The van der Waals surface area contributed by atoms with Gasteiger partial charge < -0.3 is 20.1 Å². The number of alkyl carbamates (subject to hydrolysis) is 1. The van der Waals surface area contributed by atoms with E-state index in [2.05, 4.69) is 10.3 Å². The molecule has 1 amide bonds. The Labute approximate surface area is 148 Å². The molecule has 0 radical (unpaired) electrons. The summed E-state index contributed by atoms with van der Waals surface area (Å²) in [7, 11) is 0. The van der Waals surface area contributed by atoms with Crippen molar-refractivity contribution in [3.63, 3.8) is 0 Å². The van der Waals surface area contributed by atoms with Gasteiger partial charge in [0.25, 0.3) is 0 Å². The van der Waals surface area contributed by atoms with Crippen molar-refractivity contribution in [1.82, 2.24) is 10.3 Å². The number of amides is 1. The van der Waals surface area contributed by atoms with E-state index in [1.165, 1.54) is 24.3 Å². The highest BCUT2D eigenvalue weighted by Crippen LogP contribution is 2.19. The van der Waals surface area contributed by atoms with Gasteiger partial charge in [0.1, 0.15) is 18.5 Å². The second kappa shape index (κ2) is 7.69. The highest BCUT2D eigenvalue weighted by atomic mass is 19.1. The highest BCUT2D eigenvalue weighted by molar-refractivity contribution is 5.85. The molecule has 0 aliphatic heterocycles. The Morgan fingerprint density at radius 2 is 1.88 bits per heavy atom. The molecule has 0 aliphatic rings. The average Bonchev–Trinajstić information content (AvgIpc) is 3.04. The van der Waals surface area contributed by atoms with Crippen molar-refractivity contribution in [3.8, 4) is 0 Å². The van der Waals surface area contributed by atoms with Crippen molar-refractivity contribution in [1.29, 1.82) is 0 Å². The number of aromatic amines is 1. The molecule has 26 heavy (non-hydrogen) atoms. The fourth-order valence-electron chi connectivity index (χ4n) is 2.63. The molecule has 0 unspecified atom stereocenters. The standard InChI is InChI=1S/C19H17FN2O4/c20-14-7-5-12(6-8-14)11-26-19(25)22-17(18(23)24)9-13-10-21-16-4-2-1-3-15(13)16/h1-8,10,17,21H,9,11H2,(H,22,25)(H,23,24)/t17-/m0/s1. The van der Waals surface area contributed by atoms with Gasteiger partial charge in [0.05, 0.1) is 0 Å². The summed E-state index contributed by atoms with van der Waals surface area (Å²) in [5.41, 5.74) is 2.28. The second-order valence-corrected chi connectivity index (χ2v) is 5.80. The fourth-order valence-corrected chi connectivity index (χ4v) is 2.63. The minimum Gasteiger partial charge on any atom is -0.480 e. The van der Waals surface area contributed by atoms with Crippen LogP contribution in [0.3, 0.4) is 0 Å². The van der Waals surface area contributed by atoms with E-state index in [4.69, 9.17) is 4.74 Å². The van der Waals surface area contributed by atoms with Gasteiger partial charge in [0.2, 0.25) is 0 Å². The molecular formula is C19H17FN2O4. The Balaban J connectivity index is 1.62. The monoisotopic (exact) mass is 356 g/mol. The molecule has 3 N–H and O–H groups in total. The Morgan fingerprint density at radius 1 is 1.15 bits per heavy atom. The van der Waals surface area contributed by atoms with Gasteiger partial charge in [-0.2, -0.15) is 0 Å². The third-order valence-corrected chi connectivity index (χ3v) is 3.97. The molecule has 1 atom stereocenters. The zero-order valence-corrected chi connectivity index (χ0v) is 13.7. The lowest BCUT2D eigenvalue weighted by Crippen LogP contribution is -2.42. The molecule has 0 bridgehead atoms. The molecule has 0 spiro atoms. The van der Waals surface area contributed by atoms with Crippen LogP contribution in [0.5, 0.6) is 0 Å². The number of carbonyl (C=O) groups is 2. The van der Waals surface area contributed by atoms with Crippen molar-refractivity contribution in [3.05, 3.63) is 71.7 Å². The number of hydrogen-bond donors (Lipinski definition) is 3. The number of rotatable bonds is 6. The van der Waals surface area contributed by atoms with E-state index in [0.29, 0.717) is 5.56 Å². The van der Waals surface area contributed by atoms with Crippen LogP contribution in [0, 0.1) is 5.82 Å². The van der Waals surface area contributed by atoms with Crippen LogP contribution in [0.2, 0.25) is 0 Å². The zero-order chi connectivity index (χ0) is 18.5. The van der Waals surface area contributed by atoms with Crippen LogP contribution in [0.25, 0.3) is 10.9 Å². The van der Waals surface area contributed by atoms with Gasteiger partial charge in [0.15, 0.2) is 0 Å². The summed E-state index contributed by atoms with van der Waals surface area (Å²) in [5.74, 6) is -1.54. The maximum atomic E-state index is 12.8. The summed E-state index contributed by atoms with van der Waals surface area (Å²) in [6.07, 6.45) is 0.999. The van der Waals surface area contributed by atoms with Gasteiger partial charge in [-0.1, -0.05) is 30.3 Å². The first-order chi connectivity index (χ1) is 12.5. The second-order valence-electron chi connectivity index (χ2n) is 5.80. The first-order valence-corrected chi connectivity index (χ1v) is 7.98. The van der Waals surface area contributed by atoms with Crippen LogP contribution in [0.4, 0.5) is 9.18 Å². The summed E-state index contributed by atoms with van der Waals surface area (Å²) in [6, 6.07) is 11.9. The number of carboxylic acid groups (broad SMARTS) is 1. The van der Waals surface area contributed by atoms with E-state index < -0.39 is 18.1 Å². The number of aliphatic carboxylic acids is 1. The largest absolute Gasteiger partial charge is 0.480 e. The Morgan fingerprint density at radius 3 is 2.62 bits per heavy atom. The normalized spacial score (nSPS) is 11.9. The van der Waals surface area contributed by atoms with Crippen LogP contribution >= 0.6 is 0 Å². The summed E-state index contributed by atoms with van der Waals surface area (Å²) < 4.78 is 17.9. The third kappa shape index (κ3) is 4.18. The Kier molecular flexibility index (Phi) is 5.17. The molecule has 134 valence electrons. The summed E-state index contributed by atoms with van der Waals surface area (Å²) in [4.78, 5) is 26.5. The lowest BCUT2D eigenvalue weighted by Gasteiger charge is -2.14. The van der Waals surface area contributed by atoms with Crippen LogP contribution in [-0.4, -0.2) is 28.2 Å². The summed E-state index contributed by atoms with van der Waals surface area (Å²) in [6.45, 7) is -0.0778. The third-order valence-electron chi connectivity index (χ3n) is 3.97. The zero-order valence-electron chi connectivity index (χ0n) is 13.7. The number of H-pyrrole nitrogens is 1. The van der Waals surface area contributed by atoms with E-state index in [9.17, 15) is 19.1 Å². The SMILES string of the molecule is O=C(N[C@@H](Cc1c[nH]c2ccccc12)C(=O)O)OCc1ccc(F)cc1. The number of halogens is 1. The number of ether oxygens (including phenoxy) is 1. The predicted molar refractivity (Wildman–Crippen MR) is 93.1 cm³/mol. The van der Waals surface area contributed by atoms with E-state index in [1.54, 1.807) is 6.20 Å². The van der Waals surface area contributed by atoms with Gasteiger partial charge in [0, 0.05) is 23.5 Å². The molecule has 0 aliphatic carbocycles. The van der Waals surface area contributed by atoms with Crippen molar-refractivity contribution < 1.29 is 23.8 Å². The van der Waals surface area contributed by atoms with Crippen molar-refractivity contribution >= 4 is 23.0 Å². The first-order valence-electron chi connectivity index (χ1n) is 7.98. The number of hydrogen-bond acceptors (Lipinski definition) is 3. The van der Waals surface area contributed by atoms with Crippen molar-refractivity contribution in [2.24, 2.45) is 0 Å². The molecule has 3 aromatic rings. The summed E-state index contributed by atoms with van der Waals surface area (Å²) in [5, 5.41) is 12.6. The molecule has 2 aromatic carbocycles. The lowest BCUT2D eigenvalue weighted by molar-refractivity contribution is -0.139. The number of benzene rings is 2. The summed E-state index contributed by atoms with van der Waals surface area (Å²) >= 11 is 0. The maximum absolute atomic E-state index is 12.8. The number of para-hydroxylation sites is 1. The fraction of sp³-hybridized carbons (Fsp3) is 0.158. The van der Waals surface area contributed by atoms with Gasteiger partial charge in [-0.15, -0.1) is 0 Å². The molecular weight excluding hydrogens is 339 g/mol. The Hall–Kier alpha value is -3.35. The quantitative estimate of drug-likeness (QED) is 0.632. The van der Waals surface area contributed by atoms with E-state index in [1.807, 2.05) is 24.3 Å². The van der Waals surface area contributed by atoms with Gasteiger partial charge in [-0.3, -0.25) is 0 Å². The minimum atomic E-state index is -1.16. The lowest BCUT2D eigenvalue weighted by atomic mass is 10.1. The predicted octanol–water partition coefficient (Wildman–Crippen LogP) is 3.23. The average molecular weight is 356 g/mol. The molecule has 0 saturated carbocycles. The van der Waals surface area contributed by atoms with Crippen LogP contribution < -0.4 is 5.32 Å². The molecule has 1 heterocycles. The van der Waals surface area contributed by atoms with E-state index >= 15 is 0 Å². The number of aromatic nitrogens is 1. The maximum Gasteiger partial charge on any atom is 0.408 e.